The lowest BCUT2D eigenvalue weighted by Crippen LogP contribution is -2.59. The zero-order valence-corrected chi connectivity index (χ0v) is 10.8. The van der Waals surface area contributed by atoms with Gasteiger partial charge in [0.1, 0.15) is 0 Å². The molecule has 0 unspecified atom stereocenters. The normalized spacial score (nSPS) is 51.2. The van der Waals surface area contributed by atoms with Gasteiger partial charge in [-0.2, -0.15) is 0 Å². The fourth-order valence-corrected chi connectivity index (χ4v) is 4.50. The van der Waals surface area contributed by atoms with Gasteiger partial charge < -0.3 is 14.6 Å². The molecule has 3 nitrogen and oxygen atoms in total. The Morgan fingerprint density at radius 2 is 2.12 bits per heavy atom. The summed E-state index contributed by atoms with van der Waals surface area (Å²) in [5, 5.41) is 3.51. The highest BCUT2D eigenvalue weighted by Crippen LogP contribution is 2.61. The number of nitrogens with one attached hydrogen (secondary N) is 1. The van der Waals surface area contributed by atoms with Crippen LogP contribution in [-0.4, -0.2) is 31.8 Å². The van der Waals surface area contributed by atoms with Crippen molar-refractivity contribution in [3.8, 4) is 0 Å². The molecule has 0 aromatic rings. The van der Waals surface area contributed by atoms with Crippen molar-refractivity contribution in [2.75, 3.05) is 6.54 Å². The minimum absolute atomic E-state index is 0.0302. The van der Waals surface area contributed by atoms with Crippen LogP contribution in [0.3, 0.4) is 0 Å². The Morgan fingerprint density at radius 3 is 2.82 bits per heavy atom. The highest BCUT2D eigenvalue weighted by atomic mass is 16.7. The van der Waals surface area contributed by atoms with Crippen LogP contribution in [0, 0.1) is 17.3 Å². The minimum atomic E-state index is 0.0302. The van der Waals surface area contributed by atoms with E-state index in [4.69, 9.17) is 9.31 Å². The molecule has 2 aliphatic heterocycles. The van der Waals surface area contributed by atoms with Crippen LogP contribution < -0.4 is 5.32 Å². The fraction of sp³-hybridized carbons (Fsp3) is 1.00. The van der Waals surface area contributed by atoms with Crippen LogP contribution in [0.5, 0.6) is 0 Å². The molecule has 0 radical (unpaired) electrons. The van der Waals surface area contributed by atoms with Gasteiger partial charge in [-0.3, -0.25) is 0 Å². The summed E-state index contributed by atoms with van der Waals surface area (Å²) >= 11 is 0. The molecule has 5 fully saturated rings. The third kappa shape index (κ3) is 1.41. The Kier molecular flexibility index (Phi) is 2.22. The third-order valence-electron chi connectivity index (χ3n) is 5.85. The van der Waals surface area contributed by atoms with E-state index in [9.17, 15) is 0 Å². The van der Waals surface area contributed by atoms with Crippen molar-refractivity contribution >= 4 is 7.12 Å². The molecule has 2 saturated heterocycles. The molecule has 0 aromatic heterocycles. The standard InChI is InChI=1S/C13H22BNO2/c1-13(2)8-6-9(13)12-10(7-8)16-14(17-12)11-4-3-5-15-11/h8-12,15H,3-7H2,1-2H3/t8-,9+,10+,11-,12-/m0/s1. The van der Waals surface area contributed by atoms with Crippen molar-refractivity contribution in [2.45, 2.75) is 57.7 Å². The maximum absolute atomic E-state index is 6.25. The number of hydrogen-bond acceptors (Lipinski definition) is 3. The van der Waals surface area contributed by atoms with Crippen LogP contribution in [0.4, 0.5) is 0 Å². The predicted octanol–water partition coefficient (Wildman–Crippen LogP) is 1.62. The molecular formula is C13H22BNO2. The Hall–Kier alpha value is -0.0551. The van der Waals surface area contributed by atoms with Gasteiger partial charge in [-0.15, -0.1) is 0 Å². The molecule has 5 atom stereocenters. The van der Waals surface area contributed by atoms with Crippen molar-refractivity contribution < 1.29 is 9.31 Å². The zero-order valence-electron chi connectivity index (χ0n) is 10.8. The van der Waals surface area contributed by atoms with Crippen LogP contribution in [-0.2, 0) is 9.31 Å². The van der Waals surface area contributed by atoms with Crippen molar-refractivity contribution in [2.24, 2.45) is 17.3 Å². The first-order valence-corrected chi connectivity index (χ1v) is 7.20. The monoisotopic (exact) mass is 235 g/mol. The number of rotatable bonds is 1. The summed E-state index contributed by atoms with van der Waals surface area (Å²) in [7, 11) is 0.0302. The second-order valence-electron chi connectivity index (χ2n) is 6.94. The Labute approximate surface area is 104 Å². The summed E-state index contributed by atoms with van der Waals surface area (Å²) < 4.78 is 12.4. The largest absolute Gasteiger partial charge is 0.475 e. The lowest BCUT2D eigenvalue weighted by atomic mass is 9.47. The molecule has 17 heavy (non-hydrogen) atoms. The Balaban J connectivity index is 1.50. The third-order valence-corrected chi connectivity index (χ3v) is 5.85. The highest BCUT2D eigenvalue weighted by Gasteiger charge is 2.62. The Bertz CT molecular complexity index is 329. The van der Waals surface area contributed by atoms with Gasteiger partial charge in [0.25, 0.3) is 0 Å². The van der Waals surface area contributed by atoms with E-state index in [-0.39, 0.29) is 7.12 Å². The molecule has 0 spiro atoms. The first-order chi connectivity index (χ1) is 8.16. The van der Waals surface area contributed by atoms with Crippen molar-refractivity contribution in [3.05, 3.63) is 0 Å². The van der Waals surface area contributed by atoms with Crippen LogP contribution in [0.15, 0.2) is 0 Å². The van der Waals surface area contributed by atoms with E-state index in [2.05, 4.69) is 19.2 Å². The van der Waals surface area contributed by atoms with E-state index in [1.807, 2.05) is 0 Å². The van der Waals surface area contributed by atoms with Crippen molar-refractivity contribution in [1.82, 2.24) is 5.32 Å². The Morgan fingerprint density at radius 1 is 1.24 bits per heavy atom. The molecule has 2 heterocycles. The van der Waals surface area contributed by atoms with Gasteiger partial charge in [-0.1, -0.05) is 13.8 Å². The van der Waals surface area contributed by atoms with Crippen LogP contribution in [0.25, 0.3) is 0 Å². The van der Waals surface area contributed by atoms with E-state index < -0.39 is 0 Å². The van der Waals surface area contributed by atoms with Crippen LogP contribution in [0.2, 0.25) is 0 Å². The van der Waals surface area contributed by atoms with Gasteiger partial charge in [0.2, 0.25) is 0 Å². The molecule has 0 aromatic carbocycles. The molecule has 3 saturated carbocycles. The first kappa shape index (κ1) is 10.8. The topological polar surface area (TPSA) is 30.5 Å². The molecule has 2 bridgehead atoms. The summed E-state index contributed by atoms with van der Waals surface area (Å²) in [4.78, 5) is 0. The molecule has 1 N–H and O–H groups in total. The molecular weight excluding hydrogens is 213 g/mol. The lowest BCUT2D eigenvalue weighted by molar-refractivity contribution is -0.150. The fourth-order valence-electron chi connectivity index (χ4n) is 4.50. The second kappa shape index (κ2) is 3.49. The van der Waals surface area contributed by atoms with E-state index in [0.29, 0.717) is 23.6 Å². The van der Waals surface area contributed by atoms with Gasteiger partial charge >= 0.3 is 7.12 Å². The first-order valence-electron chi connectivity index (χ1n) is 7.20. The zero-order chi connectivity index (χ0) is 11.6. The van der Waals surface area contributed by atoms with E-state index in [1.54, 1.807) is 0 Å². The average Bonchev–Trinajstić information content (AvgIpc) is 2.96. The molecule has 94 valence electrons. The van der Waals surface area contributed by atoms with Gasteiger partial charge in [-0.25, -0.2) is 0 Å². The second-order valence-corrected chi connectivity index (χ2v) is 6.94. The molecule has 0 amide bonds. The van der Waals surface area contributed by atoms with E-state index in [0.717, 1.165) is 18.4 Å². The molecule has 3 aliphatic carbocycles. The molecule has 4 heteroatoms. The van der Waals surface area contributed by atoms with Crippen molar-refractivity contribution in [3.63, 3.8) is 0 Å². The summed E-state index contributed by atoms with van der Waals surface area (Å²) in [5.41, 5.74) is 0.489. The van der Waals surface area contributed by atoms with Crippen molar-refractivity contribution in [1.29, 1.82) is 0 Å². The minimum Gasteiger partial charge on any atom is -0.405 e. The maximum atomic E-state index is 6.25. The molecule has 5 aliphatic rings. The van der Waals surface area contributed by atoms with Crippen LogP contribution in [0.1, 0.15) is 39.5 Å². The average molecular weight is 235 g/mol. The summed E-state index contributed by atoms with van der Waals surface area (Å²) in [5.74, 6) is 2.05. The van der Waals surface area contributed by atoms with Gasteiger partial charge in [0, 0.05) is 5.94 Å². The van der Waals surface area contributed by atoms with Gasteiger partial charge in [-0.05, 0) is 49.5 Å². The lowest BCUT2D eigenvalue weighted by Gasteiger charge is -2.60. The summed E-state index contributed by atoms with van der Waals surface area (Å²) in [6.07, 6.45) is 5.82. The maximum Gasteiger partial charge on any atom is 0.475 e. The smallest absolute Gasteiger partial charge is 0.405 e. The van der Waals surface area contributed by atoms with Gasteiger partial charge in [0.05, 0.1) is 12.2 Å². The van der Waals surface area contributed by atoms with E-state index >= 15 is 0 Å². The summed E-state index contributed by atoms with van der Waals surface area (Å²) in [6, 6.07) is 0. The van der Waals surface area contributed by atoms with Gasteiger partial charge in [0.15, 0.2) is 0 Å². The highest BCUT2D eigenvalue weighted by molar-refractivity contribution is 6.47. The molecule has 5 rings (SSSR count). The number of hydrogen-bond donors (Lipinski definition) is 1. The SMILES string of the molecule is CC1(C)[C@H]2C[C@@H]1[C@@H]1OB([C@@H]3CCCN3)O[C@@H]1C2. The van der Waals surface area contributed by atoms with Crippen LogP contribution >= 0.6 is 0 Å². The van der Waals surface area contributed by atoms with E-state index in [1.165, 1.54) is 25.7 Å². The quantitative estimate of drug-likeness (QED) is 0.700. The summed E-state index contributed by atoms with van der Waals surface area (Å²) in [6.45, 7) is 5.94. The predicted molar refractivity (Wildman–Crippen MR) is 66.5 cm³/mol.